The molecule has 0 spiro atoms. The summed E-state index contributed by atoms with van der Waals surface area (Å²) in [5.74, 6) is 2.81. The Morgan fingerprint density at radius 2 is 1.81 bits per heavy atom. The molecule has 0 bridgehead atoms. The summed E-state index contributed by atoms with van der Waals surface area (Å²) in [7, 11) is 3.18. The highest BCUT2D eigenvalue weighted by molar-refractivity contribution is 5.94. The van der Waals surface area contributed by atoms with Gasteiger partial charge in [0.15, 0.2) is 11.5 Å². The molecule has 6 nitrogen and oxygen atoms in total. The Balaban J connectivity index is 1.81. The summed E-state index contributed by atoms with van der Waals surface area (Å²) in [5, 5.41) is 3.84. The number of hydrogen-bond acceptors (Lipinski definition) is 5. The maximum absolute atomic E-state index is 12.6. The average Bonchev–Trinajstić information content (AvgIpc) is 2.81. The first kappa shape index (κ1) is 22.4. The van der Waals surface area contributed by atoms with Gasteiger partial charge in [-0.25, -0.2) is 0 Å². The molecule has 1 atom stereocenters. The van der Waals surface area contributed by atoms with Gasteiger partial charge in [0, 0.05) is 29.8 Å². The first-order chi connectivity index (χ1) is 15.1. The van der Waals surface area contributed by atoms with Gasteiger partial charge >= 0.3 is 0 Å². The summed E-state index contributed by atoms with van der Waals surface area (Å²) < 4.78 is 16.9. The molecule has 31 heavy (non-hydrogen) atoms. The van der Waals surface area contributed by atoms with Crippen LogP contribution < -0.4 is 19.5 Å². The highest BCUT2D eigenvalue weighted by atomic mass is 16.5. The Bertz CT molecular complexity index is 1040. The molecule has 1 amide bonds. The molecule has 0 saturated heterocycles. The van der Waals surface area contributed by atoms with Gasteiger partial charge < -0.3 is 19.5 Å². The standard InChI is InChI=1S/C25H30N2O4/c1-5-8-17(6-2)16-27-25(28)18-9-7-10-19(13-18)31-22-11-12-26-21-15-24(30-4)23(29-3)14-20(21)22/h7,9-15,17H,5-6,8,16H2,1-4H3,(H,27,28). The van der Waals surface area contributed by atoms with Crippen LogP contribution in [0.15, 0.2) is 48.7 Å². The number of nitrogens with one attached hydrogen (secondary N) is 1. The van der Waals surface area contributed by atoms with E-state index in [9.17, 15) is 4.79 Å². The molecule has 1 heterocycles. The minimum Gasteiger partial charge on any atom is -0.493 e. The number of fused-ring (bicyclic) bond motifs is 1. The van der Waals surface area contributed by atoms with E-state index >= 15 is 0 Å². The van der Waals surface area contributed by atoms with Gasteiger partial charge in [-0.1, -0.05) is 32.8 Å². The molecule has 0 fully saturated rings. The van der Waals surface area contributed by atoms with Crippen LogP contribution in [-0.2, 0) is 0 Å². The van der Waals surface area contributed by atoms with E-state index in [4.69, 9.17) is 14.2 Å². The average molecular weight is 423 g/mol. The zero-order chi connectivity index (χ0) is 22.2. The number of aromatic nitrogens is 1. The normalized spacial score (nSPS) is 11.7. The van der Waals surface area contributed by atoms with Crippen molar-refractivity contribution in [2.75, 3.05) is 20.8 Å². The zero-order valence-corrected chi connectivity index (χ0v) is 18.6. The van der Waals surface area contributed by atoms with E-state index in [-0.39, 0.29) is 5.91 Å². The molecular formula is C25H30N2O4. The van der Waals surface area contributed by atoms with Gasteiger partial charge in [0.1, 0.15) is 11.5 Å². The van der Waals surface area contributed by atoms with E-state index < -0.39 is 0 Å². The van der Waals surface area contributed by atoms with Crippen LogP contribution in [0.4, 0.5) is 0 Å². The number of amides is 1. The van der Waals surface area contributed by atoms with Crippen molar-refractivity contribution in [3.05, 3.63) is 54.2 Å². The second-order valence-electron chi connectivity index (χ2n) is 7.44. The highest BCUT2D eigenvalue weighted by Gasteiger charge is 2.13. The van der Waals surface area contributed by atoms with E-state index in [1.807, 2.05) is 24.3 Å². The lowest BCUT2D eigenvalue weighted by atomic mass is 10.0. The Hall–Kier alpha value is -3.28. The lowest BCUT2D eigenvalue weighted by molar-refractivity contribution is 0.0945. The Morgan fingerprint density at radius 3 is 2.52 bits per heavy atom. The van der Waals surface area contributed by atoms with Crippen molar-refractivity contribution >= 4 is 16.8 Å². The molecule has 3 aromatic rings. The maximum Gasteiger partial charge on any atom is 0.251 e. The van der Waals surface area contributed by atoms with E-state index in [0.29, 0.717) is 41.0 Å². The summed E-state index contributed by atoms with van der Waals surface area (Å²) >= 11 is 0. The van der Waals surface area contributed by atoms with Gasteiger partial charge in [0.25, 0.3) is 5.91 Å². The molecule has 1 N–H and O–H groups in total. The van der Waals surface area contributed by atoms with Crippen molar-refractivity contribution in [2.24, 2.45) is 5.92 Å². The molecule has 0 saturated carbocycles. The van der Waals surface area contributed by atoms with E-state index in [1.165, 1.54) is 0 Å². The molecule has 3 rings (SSSR count). The fourth-order valence-corrected chi connectivity index (χ4v) is 3.56. The summed E-state index contributed by atoms with van der Waals surface area (Å²) in [6.45, 7) is 5.01. The van der Waals surface area contributed by atoms with E-state index in [2.05, 4.69) is 24.1 Å². The van der Waals surface area contributed by atoms with Gasteiger partial charge in [0.2, 0.25) is 0 Å². The third-order valence-corrected chi connectivity index (χ3v) is 5.36. The van der Waals surface area contributed by atoms with Gasteiger partial charge in [-0.3, -0.25) is 9.78 Å². The monoisotopic (exact) mass is 422 g/mol. The SMILES string of the molecule is CCCC(CC)CNC(=O)c1cccc(Oc2ccnc3cc(OC)c(OC)cc23)c1. The molecule has 2 aromatic carbocycles. The number of nitrogens with zero attached hydrogens (tertiary/aromatic N) is 1. The predicted molar refractivity (Wildman–Crippen MR) is 122 cm³/mol. The van der Waals surface area contributed by atoms with Crippen molar-refractivity contribution in [3.8, 4) is 23.0 Å². The summed E-state index contributed by atoms with van der Waals surface area (Å²) in [6.07, 6.45) is 4.97. The highest BCUT2D eigenvalue weighted by Crippen LogP contribution is 2.36. The van der Waals surface area contributed by atoms with Crippen molar-refractivity contribution in [1.82, 2.24) is 10.3 Å². The molecule has 0 radical (unpaired) electrons. The zero-order valence-electron chi connectivity index (χ0n) is 18.6. The number of methoxy groups -OCH3 is 2. The van der Waals surface area contributed by atoms with Crippen LogP contribution in [0.25, 0.3) is 10.9 Å². The smallest absolute Gasteiger partial charge is 0.251 e. The quantitative estimate of drug-likeness (QED) is 0.460. The van der Waals surface area contributed by atoms with Gasteiger partial charge in [-0.15, -0.1) is 0 Å². The lowest BCUT2D eigenvalue weighted by Crippen LogP contribution is -2.29. The number of carbonyl (C=O) groups is 1. The van der Waals surface area contributed by atoms with Crippen molar-refractivity contribution < 1.29 is 19.0 Å². The van der Waals surface area contributed by atoms with Crippen LogP contribution in [0.3, 0.4) is 0 Å². The van der Waals surface area contributed by atoms with Crippen LogP contribution in [0.2, 0.25) is 0 Å². The predicted octanol–water partition coefficient (Wildman–Crippen LogP) is 5.60. The third kappa shape index (κ3) is 5.45. The Labute approximate surface area is 183 Å². The maximum atomic E-state index is 12.6. The number of benzene rings is 2. The molecular weight excluding hydrogens is 392 g/mol. The first-order valence-electron chi connectivity index (χ1n) is 10.7. The van der Waals surface area contributed by atoms with Crippen molar-refractivity contribution in [2.45, 2.75) is 33.1 Å². The number of pyridine rings is 1. The van der Waals surface area contributed by atoms with Crippen LogP contribution in [0.5, 0.6) is 23.0 Å². The molecule has 6 heteroatoms. The minimum atomic E-state index is -0.0917. The van der Waals surface area contributed by atoms with E-state index in [0.717, 1.165) is 30.2 Å². The summed E-state index contributed by atoms with van der Waals surface area (Å²) in [5.41, 5.74) is 1.30. The topological polar surface area (TPSA) is 69.7 Å². The van der Waals surface area contributed by atoms with Gasteiger partial charge in [-0.05, 0) is 42.7 Å². The Morgan fingerprint density at radius 1 is 1.03 bits per heavy atom. The van der Waals surface area contributed by atoms with Crippen molar-refractivity contribution in [1.29, 1.82) is 0 Å². The molecule has 0 aliphatic rings. The second kappa shape index (κ2) is 10.7. The molecule has 1 unspecified atom stereocenters. The van der Waals surface area contributed by atoms with Crippen LogP contribution in [0, 0.1) is 5.92 Å². The summed E-state index contributed by atoms with van der Waals surface area (Å²) in [6, 6.07) is 12.6. The van der Waals surface area contributed by atoms with Crippen molar-refractivity contribution in [3.63, 3.8) is 0 Å². The summed E-state index contributed by atoms with van der Waals surface area (Å²) in [4.78, 5) is 17.0. The molecule has 1 aromatic heterocycles. The first-order valence-corrected chi connectivity index (χ1v) is 10.7. The second-order valence-corrected chi connectivity index (χ2v) is 7.44. The number of rotatable bonds is 10. The fourth-order valence-electron chi connectivity index (χ4n) is 3.56. The van der Waals surface area contributed by atoms with Crippen LogP contribution in [0.1, 0.15) is 43.5 Å². The molecule has 0 aliphatic carbocycles. The Kier molecular flexibility index (Phi) is 7.70. The number of ether oxygens (including phenoxy) is 3. The molecule has 0 aliphatic heterocycles. The lowest BCUT2D eigenvalue weighted by Gasteiger charge is -2.15. The largest absolute Gasteiger partial charge is 0.493 e. The fraction of sp³-hybridized carbons (Fsp3) is 0.360. The van der Waals surface area contributed by atoms with Gasteiger partial charge in [0.05, 0.1) is 19.7 Å². The third-order valence-electron chi connectivity index (χ3n) is 5.36. The van der Waals surface area contributed by atoms with E-state index in [1.54, 1.807) is 38.6 Å². The number of carbonyl (C=O) groups excluding carboxylic acids is 1. The molecule has 164 valence electrons. The minimum absolute atomic E-state index is 0.0917. The number of hydrogen-bond donors (Lipinski definition) is 1. The van der Waals surface area contributed by atoms with Crippen LogP contribution in [-0.4, -0.2) is 31.7 Å². The van der Waals surface area contributed by atoms with Gasteiger partial charge in [-0.2, -0.15) is 0 Å². The van der Waals surface area contributed by atoms with Crippen LogP contribution >= 0.6 is 0 Å².